The molecule has 0 saturated carbocycles. The Balaban J connectivity index is 2.74. The molecular formula is C13H10ClF3N2O2. The van der Waals surface area contributed by atoms with Gasteiger partial charge in [-0.15, -0.1) is 0 Å². The summed E-state index contributed by atoms with van der Waals surface area (Å²) in [6.07, 6.45) is 0. The Morgan fingerprint density at radius 1 is 1.29 bits per heavy atom. The van der Waals surface area contributed by atoms with Gasteiger partial charge < -0.3 is 5.11 Å². The van der Waals surface area contributed by atoms with Crippen molar-refractivity contribution in [1.29, 1.82) is 0 Å². The Morgan fingerprint density at radius 2 is 1.81 bits per heavy atom. The van der Waals surface area contributed by atoms with E-state index in [-0.39, 0.29) is 22.3 Å². The van der Waals surface area contributed by atoms with Crippen LogP contribution in [0.5, 0.6) is 0 Å². The topological polar surface area (TPSA) is 55.1 Å². The molecule has 0 saturated heterocycles. The number of carbonyl (C=O) groups is 1. The molecule has 1 aromatic heterocycles. The van der Waals surface area contributed by atoms with Crippen molar-refractivity contribution in [2.45, 2.75) is 19.8 Å². The van der Waals surface area contributed by atoms with E-state index in [0.717, 1.165) is 16.8 Å². The van der Waals surface area contributed by atoms with E-state index in [0.29, 0.717) is 0 Å². The smallest absolute Gasteiger partial charge is 0.358 e. The van der Waals surface area contributed by atoms with Crippen molar-refractivity contribution in [3.8, 4) is 5.69 Å². The van der Waals surface area contributed by atoms with Gasteiger partial charge in [-0.2, -0.15) is 5.10 Å². The number of nitrogens with zero attached hydrogens (tertiary/aromatic N) is 2. The van der Waals surface area contributed by atoms with Crippen LogP contribution >= 0.6 is 11.6 Å². The highest BCUT2D eigenvalue weighted by Gasteiger charge is 2.25. The lowest BCUT2D eigenvalue weighted by Gasteiger charge is -2.11. The zero-order chi connectivity index (χ0) is 15.9. The van der Waals surface area contributed by atoms with Gasteiger partial charge in [0.1, 0.15) is 0 Å². The molecule has 0 aliphatic rings. The van der Waals surface area contributed by atoms with Crippen molar-refractivity contribution in [2.24, 2.45) is 0 Å². The normalized spacial score (nSPS) is 11.2. The molecule has 2 rings (SSSR count). The van der Waals surface area contributed by atoms with Crippen molar-refractivity contribution < 1.29 is 23.1 Å². The molecule has 8 heteroatoms. The fourth-order valence-corrected chi connectivity index (χ4v) is 2.32. The van der Waals surface area contributed by atoms with E-state index in [1.165, 1.54) is 0 Å². The highest BCUT2D eigenvalue weighted by molar-refractivity contribution is 6.34. The molecule has 1 N–H and O–H groups in total. The van der Waals surface area contributed by atoms with Gasteiger partial charge in [0.25, 0.3) is 0 Å². The summed E-state index contributed by atoms with van der Waals surface area (Å²) < 4.78 is 40.6. The van der Waals surface area contributed by atoms with Crippen LogP contribution in [0, 0.1) is 17.5 Å². The quantitative estimate of drug-likeness (QED) is 0.877. The maximum atomic E-state index is 13.3. The van der Waals surface area contributed by atoms with Crippen molar-refractivity contribution in [1.82, 2.24) is 9.78 Å². The molecule has 0 aliphatic carbocycles. The lowest BCUT2D eigenvalue weighted by molar-refractivity contribution is 0.0690. The van der Waals surface area contributed by atoms with Gasteiger partial charge in [-0.3, -0.25) is 0 Å². The van der Waals surface area contributed by atoms with Gasteiger partial charge in [0.05, 0.1) is 16.4 Å². The first-order valence-corrected chi connectivity index (χ1v) is 6.28. The predicted octanol–water partition coefficient (Wildman–Crippen LogP) is 3.76. The number of rotatable bonds is 3. The van der Waals surface area contributed by atoms with Gasteiger partial charge in [0.2, 0.25) is 0 Å². The van der Waals surface area contributed by atoms with Crippen LogP contribution in [0.1, 0.15) is 35.9 Å². The number of hydrogen-bond acceptors (Lipinski definition) is 2. The molecule has 1 heterocycles. The molecule has 112 valence electrons. The zero-order valence-corrected chi connectivity index (χ0v) is 11.7. The molecule has 0 radical (unpaired) electrons. The minimum atomic E-state index is -1.61. The molecule has 0 aliphatic heterocycles. The molecule has 0 amide bonds. The number of aromatic nitrogens is 2. The van der Waals surface area contributed by atoms with Gasteiger partial charge in [0.15, 0.2) is 23.1 Å². The van der Waals surface area contributed by atoms with E-state index in [9.17, 15) is 18.0 Å². The minimum Gasteiger partial charge on any atom is -0.476 e. The number of aromatic carboxylic acids is 1. The Labute approximate surface area is 122 Å². The largest absolute Gasteiger partial charge is 0.476 e. The fourth-order valence-electron chi connectivity index (χ4n) is 1.91. The van der Waals surface area contributed by atoms with Crippen molar-refractivity contribution in [3.63, 3.8) is 0 Å². The summed E-state index contributed by atoms with van der Waals surface area (Å²) in [4.78, 5) is 11.1. The van der Waals surface area contributed by atoms with Gasteiger partial charge in [-0.1, -0.05) is 25.4 Å². The van der Waals surface area contributed by atoms with Crippen LogP contribution in [0.15, 0.2) is 12.1 Å². The van der Waals surface area contributed by atoms with Crippen LogP contribution in [0.4, 0.5) is 13.2 Å². The Kier molecular flexibility index (Phi) is 3.95. The second-order valence-electron chi connectivity index (χ2n) is 4.64. The molecule has 1 aromatic carbocycles. The zero-order valence-electron chi connectivity index (χ0n) is 11.0. The molecule has 21 heavy (non-hydrogen) atoms. The van der Waals surface area contributed by atoms with Crippen LogP contribution in [-0.2, 0) is 0 Å². The Bertz CT molecular complexity index is 705. The van der Waals surface area contributed by atoms with Crippen LogP contribution < -0.4 is 0 Å². The predicted molar refractivity (Wildman–Crippen MR) is 69.5 cm³/mol. The second kappa shape index (κ2) is 5.40. The standard InChI is InChI=1S/C13H10ClF3N2O2/c1-5(2)12-9(14)11(13(20)21)18-19(12)6-3-7(15)10(17)8(16)4-6/h3-5H,1-2H3,(H,20,21). The van der Waals surface area contributed by atoms with Crippen molar-refractivity contribution in [2.75, 3.05) is 0 Å². The molecule has 0 unspecified atom stereocenters. The van der Waals surface area contributed by atoms with Crippen LogP contribution in [0.2, 0.25) is 5.02 Å². The summed E-state index contributed by atoms with van der Waals surface area (Å²) in [7, 11) is 0. The number of carboxylic acids is 1. The highest BCUT2D eigenvalue weighted by Crippen LogP contribution is 2.30. The molecular weight excluding hydrogens is 309 g/mol. The lowest BCUT2D eigenvalue weighted by Crippen LogP contribution is -2.07. The Morgan fingerprint density at radius 3 is 2.24 bits per heavy atom. The van der Waals surface area contributed by atoms with Crippen molar-refractivity contribution >= 4 is 17.6 Å². The average Bonchev–Trinajstić information content (AvgIpc) is 2.73. The van der Waals surface area contributed by atoms with Gasteiger partial charge >= 0.3 is 5.97 Å². The summed E-state index contributed by atoms with van der Waals surface area (Å²) in [6, 6.07) is 1.44. The first-order chi connectivity index (χ1) is 9.73. The van der Waals surface area contributed by atoms with E-state index in [1.54, 1.807) is 13.8 Å². The number of benzene rings is 1. The summed E-state index contributed by atoms with van der Waals surface area (Å²) in [5.41, 5.74) is -0.325. The molecule has 0 spiro atoms. The van der Waals surface area contributed by atoms with Crippen LogP contribution in [0.25, 0.3) is 5.69 Å². The number of carboxylic acid groups (broad SMARTS) is 1. The first kappa shape index (κ1) is 15.4. The van der Waals surface area contributed by atoms with E-state index in [1.807, 2.05) is 0 Å². The monoisotopic (exact) mass is 318 g/mol. The van der Waals surface area contributed by atoms with Gasteiger partial charge in [-0.25, -0.2) is 22.6 Å². The minimum absolute atomic E-state index is 0.123. The number of hydrogen-bond donors (Lipinski definition) is 1. The Hall–Kier alpha value is -2.02. The van der Waals surface area contributed by atoms with E-state index in [2.05, 4.69) is 5.10 Å². The molecule has 4 nitrogen and oxygen atoms in total. The second-order valence-corrected chi connectivity index (χ2v) is 5.02. The van der Waals surface area contributed by atoms with E-state index >= 15 is 0 Å². The third kappa shape index (κ3) is 2.61. The first-order valence-electron chi connectivity index (χ1n) is 5.90. The average molecular weight is 319 g/mol. The SMILES string of the molecule is CC(C)c1c(Cl)c(C(=O)O)nn1-c1cc(F)c(F)c(F)c1. The van der Waals surface area contributed by atoms with Crippen molar-refractivity contribution in [3.05, 3.63) is 46.0 Å². The molecule has 2 aromatic rings. The van der Waals surface area contributed by atoms with E-state index < -0.39 is 29.1 Å². The number of halogens is 4. The lowest BCUT2D eigenvalue weighted by atomic mass is 10.1. The summed E-state index contributed by atoms with van der Waals surface area (Å²) in [5.74, 6) is -6.05. The maximum absolute atomic E-state index is 13.3. The summed E-state index contributed by atoms with van der Waals surface area (Å²) >= 11 is 5.95. The maximum Gasteiger partial charge on any atom is 0.358 e. The van der Waals surface area contributed by atoms with Crippen LogP contribution in [-0.4, -0.2) is 20.9 Å². The third-order valence-corrected chi connectivity index (χ3v) is 3.20. The molecule has 0 fully saturated rings. The molecule has 0 bridgehead atoms. The van der Waals surface area contributed by atoms with Gasteiger partial charge in [0, 0.05) is 12.1 Å². The van der Waals surface area contributed by atoms with Gasteiger partial charge in [-0.05, 0) is 5.92 Å². The molecule has 0 atom stereocenters. The van der Waals surface area contributed by atoms with E-state index in [4.69, 9.17) is 16.7 Å². The highest BCUT2D eigenvalue weighted by atomic mass is 35.5. The fraction of sp³-hybridized carbons (Fsp3) is 0.231. The van der Waals surface area contributed by atoms with Crippen LogP contribution in [0.3, 0.4) is 0 Å². The third-order valence-electron chi connectivity index (χ3n) is 2.82. The summed E-state index contributed by atoms with van der Waals surface area (Å²) in [6.45, 7) is 3.42. The summed E-state index contributed by atoms with van der Waals surface area (Å²) in [5, 5.41) is 12.6.